The molecule has 0 aliphatic heterocycles. The Labute approximate surface area is 121 Å². The molecule has 0 saturated heterocycles. The van der Waals surface area contributed by atoms with E-state index in [-0.39, 0.29) is 11.8 Å². The molecule has 1 aromatic rings. The number of benzene rings is 1. The molecule has 2 nitrogen and oxygen atoms in total. The predicted octanol–water partition coefficient (Wildman–Crippen LogP) is 4.73. The number of aromatic hydroxyl groups is 1. The van der Waals surface area contributed by atoms with Crippen LogP contribution in [0.3, 0.4) is 0 Å². The lowest BCUT2D eigenvalue weighted by Crippen LogP contribution is -2.19. The van der Waals surface area contributed by atoms with Crippen LogP contribution < -0.4 is 5.73 Å². The highest BCUT2D eigenvalue weighted by Crippen LogP contribution is 2.43. The van der Waals surface area contributed by atoms with Gasteiger partial charge in [0.2, 0.25) is 0 Å². The normalized spacial score (nSPS) is 14.9. The van der Waals surface area contributed by atoms with Gasteiger partial charge in [0.05, 0.1) is 8.95 Å². The molecular formula is C11H14Br3NO. The fourth-order valence-electron chi connectivity index (χ4n) is 1.44. The van der Waals surface area contributed by atoms with Gasteiger partial charge in [-0.25, -0.2) is 0 Å². The maximum Gasteiger partial charge on any atom is 0.144 e. The van der Waals surface area contributed by atoms with Gasteiger partial charge >= 0.3 is 0 Å². The minimum atomic E-state index is -0.104. The summed E-state index contributed by atoms with van der Waals surface area (Å²) in [4.78, 5) is 0. The van der Waals surface area contributed by atoms with Crippen molar-refractivity contribution in [2.24, 2.45) is 11.7 Å². The van der Waals surface area contributed by atoms with Crippen molar-refractivity contribution in [1.82, 2.24) is 0 Å². The molecule has 0 fully saturated rings. The van der Waals surface area contributed by atoms with E-state index in [9.17, 15) is 5.11 Å². The van der Waals surface area contributed by atoms with E-state index in [0.717, 1.165) is 16.5 Å². The Morgan fingerprint density at radius 3 is 2.38 bits per heavy atom. The van der Waals surface area contributed by atoms with E-state index >= 15 is 0 Å². The third-order valence-corrected chi connectivity index (χ3v) is 4.83. The number of phenolic OH excluding ortho intramolecular Hbond substituents is 1. The first-order valence-electron chi connectivity index (χ1n) is 5.02. The minimum absolute atomic E-state index is 0.104. The van der Waals surface area contributed by atoms with E-state index in [1.165, 1.54) is 0 Å². The van der Waals surface area contributed by atoms with Crippen LogP contribution in [-0.2, 0) is 0 Å². The van der Waals surface area contributed by atoms with Gasteiger partial charge in [-0.05, 0) is 43.8 Å². The van der Waals surface area contributed by atoms with Gasteiger partial charge < -0.3 is 10.8 Å². The number of nitrogens with two attached hydrogens (primary N) is 1. The van der Waals surface area contributed by atoms with E-state index in [1.807, 2.05) is 6.07 Å². The summed E-state index contributed by atoms with van der Waals surface area (Å²) < 4.78 is 2.20. The molecule has 2 atom stereocenters. The molecular weight excluding hydrogens is 402 g/mol. The fourth-order valence-corrected chi connectivity index (χ4v) is 4.09. The molecule has 0 amide bonds. The highest BCUT2D eigenvalue weighted by Gasteiger charge is 2.22. The van der Waals surface area contributed by atoms with Crippen molar-refractivity contribution in [1.29, 1.82) is 0 Å². The fraction of sp³-hybridized carbons (Fsp3) is 0.455. The predicted molar refractivity (Wildman–Crippen MR) is 77.6 cm³/mol. The molecule has 0 heterocycles. The Morgan fingerprint density at radius 2 is 1.88 bits per heavy atom. The summed E-state index contributed by atoms with van der Waals surface area (Å²) in [5, 5.41) is 9.84. The van der Waals surface area contributed by atoms with Gasteiger partial charge in [0.1, 0.15) is 5.75 Å². The van der Waals surface area contributed by atoms with Crippen LogP contribution in [0.4, 0.5) is 0 Å². The van der Waals surface area contributed by atoms with Crippen molar-refractivity contribution < 1.29 is 5.11 Å². The van der Waals surface area contributed by atoms with Crippen LogP contribution in [0, 0.1) is 5.92 Å². The third kappa shape index (κ3) is 2.81. The summed E-state index contributed by atoms with van der Waals surface area (Å²) in [5.41, 5.74) is 7.10. The highest BCUT2D eigenvalue weighted by molar-refractivity contribution is 9.11. The van der Waals surface area contributed by atoms with Crippen LogP contribution >= 0.6 is 47.8 Å². The zero-order valence-corrected chi connectivity index (χ0v) is 13.9. The number of rotatable bonds is 3. The maximum atomic E-state index is 9.84. The minimum Gasteiger partial charge on any atom is -0.506 e. The van der Waals surface area contributed by atoms with Gasteiger partial charge in [0.15, 0.2) is 0 Å². The van der Waals surface area contributed by atoms with Gasteiger partial charge in [-0.2, -0.15) is 0 Å². The van der Waals surface area contributed by atoms with Crippen LogP contribution in [0.15, 0.2) is 19.5 Å². The van der Waals surface area contributed by atoms with Crippen LogP contribution in [0.5, 0.6) is 5.75 Å². The van der Waals surface area contributed by atoms with Gasteiger partial charge in [-0.1, -0.05) is 36.2 Å². The molecule has 1 unspecified atom stereocenters. The Kier molecular flexibility index (Phi) is 5.29. The number of phenols is 1. The summed E-state index contributed by atoms with van der Waals surface area (Å²) >= 11 is 10.2. The lowest BCUT2D eigenvalue weighted by Gasteiger charge is -2.22. The van der Waals surface area contributed by atoms with E-state index < -0.39 is 0 Å². The van der Waals surface area contributed by atoms with Crippen molar-refractivity contribution in [2.45, 2.75) is 26.3 Å². The SMILES string of the molecule is CCC(C)[C@H](N)c1c(Br)cc(Br)c(O)c1Br. The first kappa shape index (κ1) is 14.5. The van der Waals surface area contributed by atoms with Crippen LogP contribution in [0.25, 0.3) is 0 Å². The third-order valence-electron chi connectivity index (χ3n) is 2.77. The molecule has 0 radical (unpaired) electrons. The standard InChI is InChI=1S/C11H14Br3NO/c1-3-5(2)10(15)8-6(12)4-7(13)11(16)9(8)14/h4-5,10,16H,3,15H2,1-2H3/t5?,10-/m0/s1. The number of hydrogen-bond acceptors (Lipinski definition) is 2. The van der Waals surface area contributed by atoms with E-state index in [2.05, 4.69) is 61.6 Å². The second-order valence-corrected chi connectivity index (χ2v) is 6.33. The second kappa shape index (κ2) is 5.85. The zero-order chi connectivity index (χ0) is 12.5. The first-order chi connectivity index (χ1) is 7.40. The lowest BCUT2D eigenvalue weighted by molar-refractivity contribution is 0.442. The summed E-state index contributed by atoms with van der Waals surface area (Å²) in [6.45, 7) is 4.20. The van der Waals surface area contributed by atoms with Crippen LogP contribution in [0.1, 0.15) is 31.9 Å². The lowest BCUT2D eigenvalue weighted by atomic mass is 9.93. The van der Waals surface area contributed by atoms with E-state index in [0.29, 0.717) is 14.9 Å². The Hall–Kier alpha value is 0.420. The van der Waals surface area contributed by atoms with Crippen LogP contribution in [-0.4, -0.2) is 5.11 Å². The van der Waals surface area contributed by atoms with Gasteiger partial charge in [0, 0.05) is 16.1 Å². The molecule has 0 aromatic heterocycles. The molecule has 90 valence electrons. The van der Waals surface area contributed by atoms with E-state index in [4.69, 9.17) is 5.73 Å². The largest absolute Gasteiger partial charge is 0.506 e. The number of halogens is 3. The van der Waals surface area contributed by atoms with Crippen molar-refractivity contribution in [3.05, 3.63) is 25.0 Å². The smallest absolute Gasteiger partial charge is 0.144 e. The quantitative estimate of drug-likeness (QED) is 0.749. The average molecular weight is 416 g/mol. The summed E-state index contributed by atoms with van der Waals surface area (Å²) in [7, 11) is 0. The second-order valence-electron chi connectivity index (χ2n) is 3.83. The average Bonchev–Trinajstić information content (AvgIpc) is 2.24. The Bertz CT molecular complexity index is 395. The van der Waals surface area contributed by atoms with Gasteiger partial charge in [-0.15, -0.1) is 0 Å². The van der Waals surface area contributed by atoms with Crippen molar-refractivity contribution in [2.75, 3.05) is 0 Å². The molecule has 5 heteroatoms. The topological polar surface area (TPSA) is 46.2 Å². The molecule has 0 spiro atoms. The van der Waals surface area contributed by atoms with E-state index in [1.54, 1.807) is 0 Å². The van der Waals surface area contributed by atoms with Gasteiger partial charge in [-0.3, -0.25) is 0 Å². The Balaban J connectivity index is 3.28. The molecule has 1 aromatic carbocycles. The van der Waals surface area contributed by atoms with Crippen molar-refractivity contribution >= 4 is 47.8 Å². The zero-order valence-electron chi connectivity index (χ0n) is 9.10. The molecule has 1 rings (SSSR count). The molecule has 0 bridgehead atoms. The van der Waals surface area contributed by atoms with Crippen LogP contribution in [0.2, 0.25) is 0 Å². The maximum absolute atomic E-state index is 9.84. The van der Waals surface area contributed by atoms with Gasteiger partial charge in [0.25, 0.3) is 0 Å². The molecule has 3 N–H and O–H groups in total. The first-order valence-corrected chi connectivity index (χ1v) is 7.39. The van der Waals surface area contributed by atoms with Crippen molar-refractivity contribution in [3.63, 3.8) is 0 Å². The number of hydrogen-bond donors (Lipinski definition) is 2. The molecule has 0 aliphatic carbocycles. The van der Waals surface area contributed by atoms with Crippen molar-refractivity contribution in [3.8, 4) is 5.75 Å². The summed E-state index contributed by atoms with van der Waals surface area (Å²) in [6.07, 6.45) is 0.997. The summed E-state index contributed by atoms with van der Waals surface area (Å²) in [6, 6.07) is 1.71. The molecule has 0 aliphatic rings. The monoisotopic (exact) mass is 413 g/mol. The highest BCUT2D eigenvalue weighted by atomic mass is 79.9. The Morgan fingerprint density at radius 1 is 1.31 bits per heavy atom. The molecule has 0 saturated carbocycles. The molecule has 16 heavy (non-hydrogen) atoms. The summed E-state index contributed by atoms with van der Waals surface area (Å²) in [5.74, 6) is 0.546.